The van der Waals surface area contributed by atoms with Crippen molar-refractivity contribution in [3.8, 4) is 5.75 Å². The first-order valence-electron chi connectivity index (χ1n) is 5.20. The third kappa shape index (κ3) is 2.07. The fourth-order valence-electron chi connectivity index (χ4n) is 1.84. The minimum atomic E-state index is 0.358. The van der Waals surface area contributed by atoms with Gasteiger partial charge in [0, 0.05) is 6.54 Å². The normalized spacial score (nSPS) is 21.1. The van der Waals surface area contributed by atoms with Crippen LogP contribution in [0.3, 0.4) is 0 Å². The Morgan fingerprint density at radius 1 is 1.36 bits per heavy atom. The zero-order valence-electron chi connectivity index (χ0n) is 8.84. The van der Waals surface area contributed by atoms with Gasteiger partial charge >= 0.3 is 0 Å². The molecule has 0 amide bonds. The fraction of sp³-hybridized carbons (Fsp3) is 0.500. The van der Waals surface area contributed by atoms with Crippen LogP contribution < -0.4 is 10.1 Å². The Morgan fingerprint density at radius 3 is 2.86 bits per heavy atom. The average molecular weight is 191 g/mol. The lowest BCUT2D eigenvalue weighted by Crippen LogP contribution is -2.19. The van der Waals surface area contributed by atoms with Gasteiger partial charge in [-0.2, -0.15) is 0 Å². The van der Waals surface area contributed by atoms with Crippen LogP contribution in [0.25, 0.3) is 0 Å². The molecule has 2 rings (SSSR count). The molecule has 0 radical (unpaired) electrons. The van der Waals surface area contributed by atoms with Crippen molar-refractivity contribution in [1.29, 1.82) is 0 Å². The van der Waals surface area contributed by atoms with Gasteiger partial charge in [0.15, 0.2) is 0 Å². The third-order valence-corrected chi connectivity index (χ3v) is 2.64. The van der Waals surface area contributed by atoms with Crippen molar-refractivity contribution in [3.63, 3.8) is 0 Å². The van der Waals surface area contributed by atoms with Crippen LogP contribution in [-0.4, -0.2) is 19.2 Å². The lowest BCUT2D eigenvalue weighted by molar-refractivity contribution is 0.221. The molecule has 1 N–H and O–H groups in total. The highest BCUT2D eigenvalue weighted by Crippen LogP contribution is 2.21. The first-order valence-corrected chi connectivity index (χ1v) is 5.20. The van der Waals surface area contributed by atoms with Crippen LogP contribution >= 0.6 is 0 Å². The number of aryl methyl sites for hydroxylation is 2. The molecule has 1 unspecified atom stereocenters. The van der Waals surface area contributed by atoms with Gasteiger partial charge in [-0.15, -0.1) is 0 Å². The predicted octanol–water partition coefficient (Wildman–Crippen LogP) is 2.04. The molecule has 2 nitrogen and oxygen atoms in total. The van der Waals surface area contributed by atoms with E-state index in [1.807, 2.05) is 0 Å². The van der Waals surface area contributed by atoms with Gasteiger partial charge in [0.05, 0.1) is 0 Å². The maximum atomic E-state index is 5.90. The maximum absolute atomic E-state index is 5.90. The van der Waals surface area contributed by atoms with Crippen molar-refractivity contribution in [2.24, 2.45) is 0 Å². The second-order valence-corrected chi connectivity index (χ2v) is 4.00. The van der Waals surface area contributed by atoms with E-state index in [2.05, 4.69) is 37.4 Å². The van der Waals surface area contributed by atoms with E-state index in [1.54, 1.807) is 0 Å². The summed E-state index contributed by atoms with van der Waals surface area (Å²) in [6.45, 7) is 6.27. The summed E-state index contributed by atoms with van der Waals surface area (Å²) in [4.78, 5) is 0. The molecule has 1 aromatic rings. The summed E-state index contributed by atoms with van der Waals surface area (Å²) in [7, 11) is 0. The molecule has 1 atom stereocenters. The lowest BCUT2D eigenvalue weighted by Gasteiger charge is -2.14. The number of hydrogen-bond donors (Lipinski definition) is 1. The summed E-state index contributed by atoms with van der Waals surface area (Å²) in [5, 5.41) is 3.30. The Balaban J connectivity index is 2.08. The minimum absolute atomic E-state index is 0.358. The maximum Gasteiger partial charge on any atom is 0.122 e. The molecule has 1 aliphatic rings. The van der Waals surface area contributed by atoms with Gasteiger partial charge in [-0.3, -0.25) is 0 Å². The van der Waals surface area contributed by atoms with E-state index < -0.39 is 0 Å². The molecule has 0 aromatic heterocycles. The second kappa shape index (κ2) is 4.01. The SMILES string of the molecule is Cc1ccc(OC2CCNC2)c(C)c1. The summed E-state index contributed by atoms with van der Waals surface area (Å²) in [5.41, 5.74) is 2.52. The first kappa shape index (κ1) is 9.53. The van der Waals surface area contributed by atoms with E-state index in [0.29, 0.717) is 6.10 Å². The summed E-state index contributed by atoms with van der Waals surface area (Å²) in [6, 6.07) is 6.34. The lowest BCUT2D eigenvalue weighted by atomic mass is 10.1. The Morgan fingerprint density at radius 2 is 2.21 bits per heavy atom. The quantitative estimate of drug-likeness (QED) is 0.772. The summed E-state index contributed by atoms with van der Waals surface area (Å²) < 4.78 is 5.90. The molecule has 0 bridgehead atoms. The van der Waals surface area contributed by atoms with Gasteiger partial charge < -0.3 is 10.1 Å². The summed E-state index contributed by atoms with van der Waals surface area (Å²) in [5.74, 6) is 1.03. The van der Waals surface area contributed by atoms with Gasteiger partial charge in [-0.05, 0) is 38.4 Å². The smallest absolute Gasteiger partial charge is 0.122 e. The van der Waals surface area contributed by atoms with Gasteiger partial charge in [-0.1, -0.05) is 17.7 Å². The fourth-order valence-corrected chi connectivity index (χ4v) is 1.84. The highest BCUT2D eigenvalue weighted by atomic mass is 16.5. The molecule has 1 aromatic carbocycles. The first-order chi connectivity index (χ1) is 6.75. The van der Waals surface area contributed by atoms with Crippen molar-refractivity contribution >= 4 is 0 Å². The summed E-state index contributed by atoms with van der Waals surface area (Å²) in [6.07, 6.45) is 1.48. The largest absolute Gasteiger partial charge is 0.489 e. The van der Waals surface area contributed by atoms with Gasteiger partial charge in [0.25, 0.3) is 0 Å². The van der Waals surface area contributed by atoms with Gasteiger partial charge in [0.2, 0.25) is 0 Å². The molecular formula is C12H17NO. The Kier molecular flexibility index (Phi) is 2.73. The van der Waals surface area contributed by atoms with Gasteiger partial charge in [0.1, 0.15) is 11.9 Å². The molecule has 1 heterocycles. The van der Waals surface area contributed by atoms with E-state index in [0.717, 1.165) is 25.3 Å². The van der Waals surface area contributed by atoms with Gasteiger partial charge in [-0.25, -0.2) is 0 Å². The Bertz CT molecular complexity index is 316. The zero-order chi connectivity index (χ0) is 9.97. The molecule has 0 spiro atoms. The summed E-state index contributed by atoms with van der Waals surface area (Å²) >= 11 is 0. The van der Waals surface area contributed by atoms with Crippen molar-refractivity contribution in [2.75, 3.05) is 13.1 Å². The van der Waals surface area contributed by atoms with E-state index in [4.69, 9.17) is 4.74 Å². The standard InChI is InChI=1S/C12H17NO/c1-9-3-4-12(10(2)7-9)14-11-5-6-13-8-11/h3-4,7,11,13H,5-6,8H2,1-2H3. The molecule has 1 saturated heterocycles. The molecular weight excluding hydrogens is 174 g/mol. The minimum Gasteiger partial charge on any atom is -0.489 e. The van der Waals surface area contributed by atoms with Crippen LogP contribution in [0.2, 0.25) is 0 Å². The predicted molar refractivity (Wildman–Crippen MR) is 57.8 cm³/mol. The van der Waals surface area contributed by atoms with Crippen LogP contribution in [0.1, 0.15) is 17.5 Å². The molecule has 1 aliphatic heterocycles. The van der Waals surface area contributed by atoms with E-state index >= 15 is 0 Å². The van der Waals surface area contributed by atoms with Crippen molar-refractivity contribution in [1.82, 2.24) is 5.32 Å². The van der Waals surface area contributed by atoms with Crippen LogP contribution in [0, 0.1) is 13.8 Å². The zero-order valence-corrected chi connectivity index (χ0v) is 8.84. The van der Waals surface area contributed by atoms with Crippen LogP contribution in [0.15, 0.2) is 18.2 Å². The molecule has 2 heteroatoms. The number of rotatable bonds is 2. The number of benzene rings is 1. The number of ether oxygens (including phenoxy) is 1. The van der Waals surface area contributed by atoms with Crippen molar-refractivity contribution in [2.45, 2.75) is 26.4 Å². The molecule has 14 heavy (non-hydrogen) atoms. The molecule has 0 saturated carbocycles. The van der Waals surface area contributed by atoms with Crippen molar-refractivity contribution < 1.29 is 4.74 Å². The Labute approximate surface area is 85.3 Å². The Hall–Kier alpha value is -1.02. The van der Waals surface area contributed by atoms with Crippen LogP contribution in [0.4, 0.5) is 0 Å². The highest BCUT2D eigenvalue weighted by molar-refractivity contribution is 5.35. The highest BCUT2D eigenvalue weighted by Gasteiger charge is 2.16. The molecule has 0 aliphatic carbocycles. The monoisotopic (exact) mass is 191 g/mol. The molecule has 76 valence electrons. The van der Waals surface area contributed by atoms with E-state index in [1.165, 1.54) is 11.1 Å². The van der Waals surface area contributed by atoms with Crippen LogP contribution in [-0.2, 0) is 0 Å². The number of nitrogens with one attached hydrogen (secondary N) is 1. The third-order valence-electron chi connectivity index (χ3n) is 2.64. The van der Waals surface area contributed by atoms with E-state index in [9.17, 15) is 0 Å². The second-order valence-electron chi connectivity index (χ2n) is 4.00. The number of hydrogen-bond acceptors (Lipinski definition) is 2. The average Bonchev–Trinajstić information content (AvgIpc) is 2.62. The topological polar surface area (TPSA) is 21.3 Å². The van der Waals surface area contributed by atoms with Crippen molar-refractivity contribution in [3.05, 3.63) is 29.3 Å². The van der Waals surface area contributed by atoms with E-state index in [-0.39, 0.29) is 0 Å². The molecule has 1 fully saturated rings. The van der Waals surface area contributed by atoms with Crippen LogP contribution in [0.5, 0.6) is 5.75 Å².